The van der Waals surface area contributed by atoms with Crippen LogP contribution in [0.1, 0.15) is 19.4 Å². The average Bonchev–Trinajstić information content (AvgIpc) is 2.41. The smallest absolute Gasteiger partial charge is 0.226 e. The lowest BCUT2D eigenvalue weighted by molar-refractivity contribution is -0.137. The largest absolute Gasteiger partial charge is 0.337 e. The van der Waals surface area contributed by atoms with Gasteiger partial charge in [0.05, 0.1) is 0 Å². The summed E-state index contributed by atoms with van der Waals surface area (Å²) in [5.74, 6) is -0.287. The second-order valence-electron chi connectivity index (χ2n) is 5.28. The number of piperazine rings is 1. The SMILES string of the molecule is CC(Cc1ccccc1F)C(=O)N1CCNCC1C.Cl. The van der Waals surface area contributed by atoms with E-state index >= 15 is 0 Å². The molecule has 3 nitrogen and oxygen atoms in total. The number of hydrogen-bond acceptors (Lipinski definition) is 2. The van der Waals surface area contributed by atoms with Crippen LogP contribution in [0.15, 0.2) is 24.3 Å². The predicted octanol–water partition coefficient (Wildman–Crippen LogP) is 2.25. The Balaban J connectivity index is 0.00000200. The van der Waals surface area contributed by atoms with Crippen molar-refractivity contribution in [3.05, 3.63) is 35.6 Å². The Morgan fingerprint density at radius 1 is 1.50 bits per heavy atom. The van der Waals surface area contributed by atoms with Gasteiger partial charge in [0.2, 0.25) is 5.91 Å². The fourth-order valence-corrected chi connectivity index (χ4v) is 2.53. The quantitative estimate of drug-likeness (QED) is 0.928. The van der Waals surface area contributed by atoms with E-state index in [4.69, 9.17) is 0 Å². The molecule has 0 saturated carbocycles. The van der Waals surface area contributed by atoms with Gasteiger partial charge in [-0.05, 0) is 25.0 Å². The standard InChI is InChI=1S/C15H21FN2O.ClH/c1-11(9-13-5-3-4-6-14(13)16)15(19)18-8-7-17-10-12(18)2;/h3-6,11-12,17H,7-10H2,1-2H3;1H. The molecule has 0 bridgehead atoms. The van der Waals surface area contributed by atoms with E-state index in [0.717, 1.165) is 19.6 Å². The summed E-state index contributed by atoms with van der Waals surface area (Å²) in [6.45, 7) is 6.33. The van der Waals surface area contributed by atoms with Gasteiger partial charge >= 0.3 is 0 Å². The molecule has 5 heteroatoms. The third kappa shape index (κ3) is 3.93. The number of nitrogens with one attached hydrogen (secondary N) is 1. The van der Waals surface area contributed by atoms with Crippen LogP contribution in [0.3, 0.4) is 0 Å². The van der Waals surface area contributed by atoms with Crippen LogP contribution in [-0.4, -0.2) is 36.5 Å². The van der Waals surface area contributed by atoms with Gasteiger partial charge in [0.1, 0.15) is 5.82 Å². The summed E-state index contributed by atoms with van der Waals surface area (Å²) < 4.78 is 13.6. The van der Waals surface area contributed by atoms with E-state index in [-0.39, 0.29) is 36.1 Å². The Morgan fingerprint density at radius 3 is 2.85 bits per heavy atom. The maximum atomic E-state index is 13.6. The molecule has 112 valence electrons. The number of carbonyl (C=O) groups is 1. The third-order valence-electron chi connectivity index (χ3n) is 3.69. The fourth-order valence-electron chi connectivity index (χ4n) is 2.53. The zero-order valence-electron chi connectivity index (χ0n) is 11.9. The van der Waals surface area contributed by atoms with Crippen molar-refractivity contribution in [3.8, 4) is 0 Å². The lowest BCUT2D eigenvalue weighted by Crippen LogP contribution is -2.53. The van der Waals surface area contributed by atoms with Gasteiger partial charge in [-0.3, -0.25) is 4.79 Å². The summed E-state index contributed by atoms with van der Waals surface area (Å²) in [5, 5.41) is 3.26. The fraction of sp³-hybridized carbons (Fsp3) is 0.533. The molecule has 1 saturated heterocycles. The second-order valence-corrected chi connectivity index (χ2v) is 5.28. The summed E-state index contributed by atoms with van der Waals surface area (Å²) in [7, 11) is 0. The normalized spacial score (nSPS) is 20.1. The molecule has 1 aromatic carbocycles. The van der Waals surface area contributed by atoms with Crippen molar-refractivity contribution in [2.75, 3.05) is 19.6 Å². The highest BCUT2D eigenvalue weighted by Gasteiger charge is 2.27. The van der Waals surface area contributed by atoms with E-state index in [2.05, 4.69) is 5.32 Å². The molecule has 1 aliphatic rings. The molecule has 1 fully saturated rings. The predicted molar refractivity (Wildman–Crippen MR) is 80.6 cm³/mol. The first-order valence-corrected chi connectivity index (χ1v) is 6.84. The van der Waals surface area contributed by atoms with Crippen LogP contribution in [0.2, 0.25) is 0 Å². The van der Waals surface area contributed by atoms with Crippen molar-refractivity contribution in [3.63, 3.8) is 0 Å². The summed E-state index contributed by atoms with van der Waals surface area (Å²) in [6.07, 6.45) is 0.460. The van der Waals surface area contributed by atoms with Crippen LogP contribution in [0.25, 0.3) is 0 Å². The number of carbonyl (C=O) groups excluding carboxylic acids is 1. The minimum atomic E-state index is -0.226. The molecule has 1 N–H and O–H groups in total. The van der Waals surface area contributed by atoms with Crippen molar-refractivity contribution in [2.45, 2.75) is 26.3 Å². The number of hydrogen-bond donors (Lipinski definition) is 1. The van der Waals surface area contributed by atoms with E-state index in [1.807, 2.05) is 24.8 Å². The number of rotatable bonds is 3. The molecular formula is C15H22ClFN2O. The summed E-state index contributed by atoms with van der Waals surface area (Å²) >= 11 is 0. The molecule has 0 spiro atoms. The Hall–Kier alpha value is -1.13. The molecular weight excluding hydrogens is 279 g/mol. The van der Waals surface area contributed by atoms with E-state index in [0.29, 0.717) is 12.0 Å². The van der Waals surface area contributed by atoms with Gasteiger partial charge in [0.15, 0.2) is 0 Å². The monoisotopic (exact) mass is 300 g/mol. The highest BCUT2D eigenvalue weighted by molar-refractivity contribution is 5.85. The van der Waals surface area contributed by atoms with Crippen LogP contribution >= 0.6 is 12.4 Å². The summed E-state index contributed by atoms with van der Waals surface area (Å²) in [6, 6.07) is 6.89. The molecule has 2 unspecified atom stereocenters. The molecule has 1 aromatic rings. The molecule has 0 aliphatic carbocycles. The Kier molecular flexibility index (Phi) is 6.43. The first kappa shape index (κ1) is 16.9. The number of halogens is 2. The number of nitrogens with zero attached hydrogens (tertiary/aromatic N) is 1. The minimum Gasteiger partial charge on any atom is -0.337 e. The van der Waals surface area contributed by atoms with Crippen LogP contribution in [-0.2, 0) is 11.2 Å². The second kappa shape index (κ2) is 7.60. The topological polar surface area (TPSA) is 32.3 Å². The zero-order valence-corrected chi connectivity index (χ0v) is 12.8. The van der Waals surface area contributed by atoms with Crippen molar-refractivity contribution in [1.29, 1.82) is 0 Å². The number of benzene rings is 1. The van der Waals surface area contributed by atoms with Gasteiger partial charge in [-0.15, -0.1) is 12.4 Å². The number of amides is 1. The third-order valence-corrected chi connectivity index (χ3v) is 3.69. The molecule has 20 heavy (non-hydrogen) atoms. The first-order valence-electron chi connectivity index (χ1n) is 6.84. The molecule has 0 aromatic heterocycles. The molecule has 1 heterocycles. The van der Waals surface area contributed by atoms with Crippen LogP contribution in [0.5, 0.6) is 0 Å². The van der Waals surface area contributed by atoms with Gasteiger partial charge in [-0.2, -0.15) is 0 Å². The molecule has 2 atom stereocenters. The van der Waals surface area contributed by atoms with E-state index in [9.17, 15) is 9.18 Å². The van der Waals surface area contributed by atoms with Crippen molar-refractivity contribution < 1.29 is 9.18 Å². The zero-order chi connectivity index (χ0) is 13.8. The van der Waals surface area contributed by atoms with Gasteiger partial charge < -0.3 is 10.2 Å². The first-order chi connectivity index (χ1) is 9.09. The van der Waals surface area contributed by atoms with Gasteiger partial charge in [-0.1, -0.05) is 25.1 Å². The van der Waals surface area contributed by atoms with Crippen molar-refractivity contribution >= 4 is 18.3 Å². The highest BCUT2D eigenvalue weighted by atomic mass is 35.5. The van der Waals surface area contributed by atoms with Crippen LogP contribution in [0, 0.1) is 11.7 Å². The van der Waals surface area contributed by atoms with E-state index < -0.39 is 0 Å². The maximum Gasteiger partial charge on any atom is 0.226 e. The van der Waals surface area contributed by atoms with Crippen molar-refractivity contribution in [2.24, 2.45) is 5.92 Å². The summed E-state index contributed by atoms with van der Waals surface area (Å²) in [5.41, 5.74) is 0.617. The molecule has 1 aliphatic heterocycles. The maximum absolute atomic E-state index is 13.6. The lowest BCUT2D eigenvalue weighted by atomic mass is 9.98. The van der Waals surface area contributed by atoms with Gasteiger partial charge in [0.25, 0.3) is 0 Å². The Bertz CT molecular complexity index is 455. The minimum absolute atomic E-state index is 0. The summed E-state index contributed by atoms with van der Waals surface area (Å²) in [4.78, 5) is 14.3. The van der Waals surface area contributed by atoms with Crippen molar-refractivity contribution in [1.82, 2.24) is 10.2 Å². The molecule has 2 rings (SSSR count). The molecule has 1 amide bonds. The Morgan fingerprint density at radius 2 is 2.20 bits per heavy atom. The molecule has 0 radical (unpaired) electrons. The van der Waals surface area contributed by atoms with E-state index in [1.165, 1.54) is 6.07 Å². The lowest BCUT2D eigenvalue weighted by Gasteiger charge is -2.35. The van der Waals surface area contributed by atoms with Gasteiger partial charge in [0, 0.05) is 31.6 Å². The highest BCUT2D eigenvalue weighted by Crippen LogP contribution is 2.16. The van der Waals surface area contributed by atoms with E-state index in [1.54, 1.807) is 12.1 Å². The average molecular weight is 301 g/mol. The van der Waals surface area contributed by atoms with Crippen LogP contribution in [0.4, 0.5) is 4.39 Å². The van der Waals surface area contributed by atoms with Gasteiger partial charge in [-0.25, -0.2) is 4.39 Å². The Labute approximate surface area is 125 Å². The van der Waals surface area contributed by atoms with Crippen LogP contribution < -0.4 is 5.32 Å².